The van der Waals surface area contributed by atoms with Crippen molar-refractivity contribution in [2.75, 3.05) is 11.1 Å². The maximum absolute atomic E-state index is 9.01. The average Bonchev–Trinajstić information content (AvgIpc) is 1.95. The van der Waals surface area contributed by atoms with Crippen LogP contribution in [0, 0.1) is 0 Å². The molecular formula is C8H10BrNO. The van der Waals surface area contributed by atoms with Gasteiger partial charge in [0.25, 0.3) is 0 Å². The number of phenolic OH excluding ortho intramolecular Hbond substituents is 1. The van der Waals surface area contributed by atoms with Crippen molar-refractivity contribution < 1.29 is 5.11 Å². The van der Waals surface area contributed by atoms with E-state index < -0.39 is 0 Å². The molecule has 0 aliphatic carbocycles. The fourth-order valence-corrected chi connectivity index (χ4v) is 1.34. The van der Waals surface area contributed by atoms with Gasteiger partial charge >= 0.3 is 0 Å². The van der Waals surface area contributed by atoms with Gasteiger partial charge in [0, 0.05) is 17.1 Å². The number of benzene rings is 1. The van der Waals surface area contributed by atoms with Crippen molar-refractivity contribution in [1.29, 1.82) is 0 Å². The van der Waals surface area contributed by atoms with Crippen molar-refractivity contribution in [3.63, 3.8) is 0 Å². The van der Waals surface area contributed by atoms with Crippen molar-refractivity contribution in [3.8, 4) is 5.75 Å². The van der Waals surface area contributed by atoms with Crippen molar-refractivity contribution >= 4 is 21.6 Å². The number of alkyl halides is 1. The molecular weight excluding hydrogens is 206 g/mol. The van der Waals surface area contributed by atoms with Gasteiger partial charge in [0.15, 0.2) is 0 Å². The molecule has 0 amide bonds. The summed E-state index contributed by atoms with van der Waals surface area (Å²) in [7, 11) is 0. The molecule has 1 aromatic carbocycles. The molecule has 0 heterocycles. The fourth-order valence-electron chi connectivity index (χ4n) is 0.912. The highest BCUT2D eigenvalue weighted by molar-refractivity contribution is 9.09. The van der Waals surface area contributed by atoms with Crippen LogP contribution in [0.1, 0.15) is 5.56 Å². The summed E-state index contributed by atoms with van der Waals surface area (Å²) in [6.07, 6.45) is 0.895. The molecule has 0 aromatic heterocycles. The summed E-state index contributed by atoms with van der Waals surface area (Å²) in [5, 5.41) is 9.90. The predicted octanol–water partition coefficient (Wildman–Crippen LogP) is 1.91. The molecule has 0 spiro atoms. The lowest BCUT2D eigenvalue weighted by Crippen LogP contribution is -1.94. The number of halogens is 1. The summed E-state index contributed by atoms with van der Waals surface area (Å²) in [6.45, 7) is 0. The number of hydrogen-bond acceptors (Lipinski definition) is 2. The lowest BCUT2D eigenvalue weighted by molar-refractivity contribution is 0.475. The highest BCUT2D eigenvalue weighted by Gasteiger charge is 1.98. The van der Waals surface area contributed by atoms with Gasteiger partial charge in [-0.05, 0) is 18.1 Å². The zero-order chi connectivity index (χ0) is 8.27. The number of nitrogen functional groups attached to an aromatic ring is 1. The van der Waals surface area contributed by atoms with Crippen LogP contribution in [0.2, 0.25) is 0 Å². The minimum Gasteiger partial charge on any atom is -0.508 e. The Morgan fingerprint density at radius 3 is 2.73 bits per heavy atom. The van der Waals surface area contributed by atoms with Crippen molar-refractivity contribution in [2.45, 2.75) is 6.42 Å². The smallest absolute Gasteiger partial charge is 0.117 e. The third-order valence-corrected chi connectivity index (χ3v) is 1.89. The maximum atomic E-state index is 9.01. The number of nitrogens with two attached hydrogens (primary N) is 1. The quantitative estimate of drug-likeness (QED) is 0.585. The minimum absolute atomic E-state index is 0.223. The van der Waals surface area contributed by atoms with Gasteiger partial charge in [-0.1, -0.05) is 22.0 Å². The molecule has 0 fully saturated rings. The second kappa shape index (κ2) is 3.62. The number of anilines is 1. The van der Waals surface area contributed by atoms with Gasteiger partial charge in [-0.25, -0.2) is 0 Å². The van der Waals surface area contributed by atoms with Crippen LogP contribution >= 0.6 is 15.9 Å². The van der Waals surface area contributed by atoms with Gasteiger partial charge in [0.1, 0.15) is 5.75 Å². The van der Waals surface area contributed by atoms with Crippen LogP contribution < -0.4 is 5.73 Å². The van der Waals surface area contributed by atoms with Crippen LogP contribution in [0.25, 0.3) is 0 Å². The van der Waals surface area contributed by atoms with E-state index in [0.29, 0.717) is 5.69 Å². The van der Waals surface area contributed by atoms with Gasteiger partial charge in [-0.2, -0.15) is 0 Å². The van der Waals surface area contributed by atoms with Crippen molar-refractivity contribution in [3.05, 3.63) is 23.8 Å². The van der Waals surface area contributed by atoms with E-state index in [2.05, 4.69) is 15.9 Å². The molecule has 3 heteroatoms. The zero-order valence-corrected chi connectivity index (χ0v) is 7.63. The van der Waals surface area contributed by atoms with Gasteiger partial charge < -0.3 is 10.8 Å². The van der Waals surface area contributed by atoms with Gasteiger partial charge in [0.2, 0.25) is 0 Å². The van der Waals surface area contributed by atoms with Crippen LogP contribution in [0.3, 0.4) is 0 Å². The molecule has 3 N–H and O–H groups in total. The minimum atomic E-state index is 0.223. The molecule has 1 aromatic rings. The molecule has 0 aliphatic heterocycles. The molecule has 2 nitrogen and oxygen atoms in total. The summed E-state index contributed by atoms with van der Waals surface area (Å²) in [6, 6.07) is 5.05. The molecule has 0 radical (unpaired) electrons. The summed E-state index contributed by atoms with van der Waals surface area (Å²) in [5.74, 6) is 0.223. The molecule has 0 bridgehead atoms. The van der Waals surface area contributed by atoms with E-state index in [1.807, 2.05) is 6.07 Å². The van der Waals surface area contributed by atoms with Crippen LogP contribution in [0.4, 0.5) is 5.69 Å². The van der Waals surface area contributed by atoms with Crippen molar-refractivity contribution in [1.82, 2.24) is 0 Å². The molecule has 60 valence electrons. The summed E-state index contributed by atoms with van der Waals surface area (Å²) >= 11 is 3.32. The SMILES string of the molecule is Nc1cc(O)ccc1CCBr. The average molecular weight is 216 g/mol. The first kappa shape index (κ1) is 8.40. The van der Waals surface area contributed by atoms with Crippen LogP contribution in [-0.2, 0) is 6.42 Å². The highest BCUT2D eigenvalue weighted by atomic mass is 79.9. The molecule has 0 aliphatic rings. The summed E-state index contributed by atoms with van der Waals surface area (Å²) < 4.78 is 0. The number of rotatable bonds is 2. The van der Waals surface area contributed by atoms with Crippen LogP contribution in [0.5, 0.6) is 5.75 Å². The number of aromatic hydroxyl groups is 1. The first-order valence-electron chi connectivity index (χ1n) is 3.37. The molecule has 0 saturated carbocycles. The first-order chi connectivity index (χ1) is 5.24. The van der Waals surface area contributed by atoms with E-state index in [-0.39, 0.29) is 5.75 Å². The highest BCUT2D eigenvalue weighted by Crippen LogP contribution is 2.19. The largest absolute Gasteiger partial charge is 0.508 e. The van der Waals surface area contributed by atoms with E-state index in [1.165, 1.54) is 0 Å². The summed E-state index contributed by atoms with van der Waals surface area (Å²) in [5.41, 5.74) is 7.35. The second-order valence-corrected chi connectivity index (χ2v) is 3.12. The normalized spacial score (nSPS) is 9.91. The van der Waals surface area contributed by atoms with Gasteiger partial charge in [-0.15, -0.1) is 0 Å². The van der Waals surface area contributed by atoms with E-state index in [0.717, 1.165) is 17.3 Å². The Balaban J connectivity index is 2.90. The third kappa shape index (κ3) is 2.12. The molecule has 1 rings (SSSR count). The van der Waals surface area contributed by atoms with E-state index in [1.54, 1.807) is 12.1 Å². The third-order valence-electron chi connectivity index (χ3n) is 1.49. The Morgan fingerprint density at radius 1 is 1.45 bits per heavy atom. The van der Waals surface area contributed by atoms with Crippen LogP contribution in [-0.4, -0.2) is 10.4 Å². The Labute approximate surface area is 74.2 Å². The van der Waals surface area contributed by atoms with Crippen molar-refractivity contribution in [2.24, 2.45) is 0 Å². The van der Waals surface area contributed by atoms with Crippen LogP contribution in [0.15, 0.2) is 18.2 Å². The zero-order valence-electron chi connectivity index (χ0n) is 6.05. The monoisotopic (exact) mass is 215 g/mol. The number of hydrogen-bond donors (Lipinski definition) is 2. The number of aryl methyl sites for hydroxylation is 1. The standard InChI is InChI=1S/C8H10BrNO/c9-4-3-6-1-2-7(11)5-8(6)10/h1-2,5,11H,3-4,10H2. The number of phenols is 1. The Bertz CT molecular complexity index is 250. The Kier molecular flexibility index (Phi) is 2.76. The van der Waals surface area contributed by atoms with Gasteiger partial charge in [0.05, 0.1) is 0 Å². The fraction of sp³-hybridized carbons (Fsp3) is 0.250. The predicted molar refractivity (Wildman–Crippen MR) is 50.0 cm³/mol. The Hall–Kier alpha value is -0.700. The topological polar surface area (TPSA) is 46.2 Å². The second-order valence-electron chi connectivity index (χ2n) is 2.32. The lowest BCUT2D eigenvalue weighted by Gasteiger charge is -2.02. The first-order valence-corrected chi connectivity index (χ1v) is 4.49. The lowest BCUT2D eigenvalue weighted by atomic mass is 10.1. The molecule has 0 saturated heterocycles. The molecule has 0 atom stereocenters. The molecule has 11 heavy (non-hydrogen) atoms. The van der Waals surface area contributed by atoms with E-state index >= 15 is 0 Å². The summed E-state index contributed by atoms with van der Waals surface area (Å²) in [4.78, 5) is 0. The maximum Gasteiger partial charge on any atom is 0.117 e. The van der Waals surface area contributed by atoms with E-state index in [4.69, 9.17) is 10.8 Å². The van der Waals surface area contributed by atoms with E-state index in [9.17, 15) is 0 Å². The molecule has 0 unspecified atom stereocenters. The Morgan fingerprint density at radius 2 is 2.18 bits per heavy atom. The van der Waals surface area contributed by atoms with Gasteiger partial charge in [-0.3, -0.25) is 0 Å².